The molecule has 0 spiro atoms. The molecule has 0 bridgehead atoms. The second-order valence-corrected chi connectivity index (χ2v) is 6.96. The Morgan fingerprint density at radius 2 is 1.62 bits per heavy atom. The highest BCUT2D eigenvalue weighted by atomic mass is 16.3. The molecule has 0 rings (SSSR count). The molecule has 0 aliphatic rings. The Balaban J connectivity index is 3.68. The number of rotatable bonds is 17. The lowest BCUT2D eigenvalue weighted by molar-refractivity contribution is -0.120. The number of amides is 1. The monoisotopic (exact) mass is 366 g/mol. The van der Waals surface area contributed by atoms with E-state index in [0.29, 0.717) is 0 Å². The maximum absolute atomic E-state index is 11.1. The van der Waals surface area contributed by atoms with Gasteiger partial charge in [-0.15, -0.1) is 0 Å². The lowest BCUT2D eigenvalue weighted by Gasteiger charge is -2.19. The lowest BCUT2D eigenvalue weighted by Crippen LogP contribution is -2.43. The Labute approximate surface area is 159 Å². The predicted molar refractivity (Wildman–Crippen MR) is 108 cm³/mol. The van der Waals surface area contributed by atoms with Crippen LogP contribution in [0.5, 0.6) is 0 Å². The average molecular weight is 367 g/mol. The van der Waals surface area contributed by atoms with Crippen LogP contribution in [-0.2, 0) is 4.79 Å². The van der Waals surface area contributed by atoms with Gasteiger partial charge in [0.2, 0.25) is 5.91 Å². The van der Waals surface area contributed by atoms with Crippen LogP contribution >= 0.6 is 0 Å². The molecule has 0 radical (unpaired) electrons. The fraction of sp³-hybridized carbons (Fsp3) is 0.850. The van der Waals surface area contributed by atoms with E-state index < -0.39 is 12.1 Å². The number of allylic oxidation sites excluding steroid dienone is 1. The van der Waals surface area contributed by atoms with Gasteiger partial charge in [-0.3, -0.25) is 4.79 Å². The molecule has 26 heavy (non-hydrogen) atoms. The first-order valence-corrected chi connectivity index (χ1v) is 10.2. The Morgan fingerprint density at radius 3 is 2.12 bits per heavy atom. The van der Waals surface area contributed by atoms with Crippen molar-refractivity contribution in [2.45, 2.75) is 103 Å². The number of unbranched alkanes of at least 4 members (excludes halogenated alkanes) is 11. The van der Waals surface area contributed by atoms with Crippen molar-refractivity contribution in [3.63, 3.8) is 0 Å². The summed E-state index contributed by atoms with van der Waals surface area (Å²) in [6, 6.07) is -0.572. The smallest absolute Gasteiger partial charge is 0.217 e. The molecular weight excluding hydrogens is 328 g/mol. The number of hydrogen-bond acceptors (Lipinski definition) is 3. The van der Waals surface area contributed by atoms with Gasteiger partial charge in [-0.25, -0.2) is 0 Å². The van der Waals surface area contributed by atoms with Gasteiger partial charge in [0.15, 0.2) is 0 Å². The Hall–Kier alpha value is -1.52. The van der Waals surface area contributed by atoms with E-state index in [-0.39, 0.29) is 12.5 Å². The Morgan fingerprint density at radius 1 is 1.08 bits per heavy atom. The summed E-state index contributed by atoms with van der Waals surface area (Å²) in [6.45, 7) is 3.67. The van der Waals surface area contributed by atoms with Crippen molar-refractivity contribution in [2.24, 2.45) is 5.11 Å². The molecule has 6 nitrogen and oxygen atoms in total. The van der Waals surface area contributed by atoms with E-state index in [2.05, 4.69) is 22.3 Å². The highest BCUT2D eigenvalue weighted by molar-refractivity contribution is 5.73. The van der Waals surface area contributed by atoms with Gasteiger partial charge in [0, 0.05) is 18.4 Å². The van der Waals surface area contributed by atoms with Crippen LogP contribution in [0.1, 0.15) is 90.9 Å². The fourth-order valence-corrected chi connectivity index (χ4v) is 2.92. The van der Waals surface area contributed by atoms with Crippen LogP contribution in [0.4, 0.5) is 0 Å². The molecule has 2 atom stereocenters. The summed E-state index contributed by atoms with van der Waals surface area (Å²) in [5, 5.41) is 16.1. The van der Waals surface area contributed by atoms with Crippen molar-refractivity contribution in [1.82, 2.24) is 5.32 Å². The standard InChI is InChI=1S/C20H38N4O2/c1-3-4-5-6-7-8-9-10-11-12-13-14-15-16-20(26)19(17-22-24-21)23-18(2)25/h15-16,19-20,26H,3-14,17H2,1-2H3,(H,23,25)/b16-15+/t19-,20+/m0/s1. The first kappa shape index (κ1) is 24.5. The number of azide groups is 1. The molecule has 1 amide bonds. The second kappa shape index (κ2) is 18.3. The van der Waals surface area contributed by atoms with Gasteiger partial charge in [0.1, 0.15) is 0 Å². The van der Waals surface area contributed by atoms with Crippen molar-refractivity contribution in [3.8, 4) is 0 Å². The molecular formula is C20H38N4O2. The van der Waals surface area contributed by atoms with Crippen LogP contribution in [0.15, 0.2) is 17.3 Å². The molecule has 0 saturated carbocycles. The Bertz CT molecular complexity index is 416. The third-order valence-corrected chi connectivity index (χ3v) is 4.45. The molecule has 0 heterocycles. The molecule has 150 valence electrons. The summed E-state index contributed by atoms with van der Waals surface area (Å²) < 4.78 is 0. The molecule has 0 aromatic rings. The van der Waals surface area contributed by atoms with Crippen LogP contribution in [0, 0.1) is 0 Å². The van der Waals surface area contributed by atoms with Gasteiger partial charge in [-0.2, -0.15) is 0 Å². The van der Waals surface area contributed by atoms with Gasteiger partial charge in [0.05, 0.1) is 12.1 Å². The van der Waals surface area contributed by atoms with Gasteiger partial charge in [-0.1, -0.05) is 88.4 Å². The zero-order valence-electron chi connectivity index (χ0n) is 16.7. The molecule has 0 saturated heterocycles. The third-order valence-electron chi connectivity index (χ3n) is 4.45. The van der Waals surface area contributed by atoms with Gasteiger partial charge >= 0.3 is 0 Å². The number of nitrogens with zero attached hydrogens (tertiary/aromatic N) is 3. The van der Waals surface area contributed by atoms with E-state index >= 15 is 0 Å². The van der Waals surface area contributed by atoms with E-state index in [1.54, 1.807) is 6.08 Å². The van der Waals surface area contributed by atoms with Gasteiger partial charge in [-0.05, 0) is 18.4 Å². The largest absolute Gasteiger partial charge is 0.387 e. The van der Waals surface area contributed by atoms with Crippen LogP contribution in [0.2, 0.25) is 0 Å². The third kappa shape index (κ3) is 16.0. The first-order chi connectivity index (χ1) is 12.6. The summed E-state index contributed by atoms with van der Waals surface area (Å²) in [4.78, 5) is 13.8. The SMILES string of the molecule is CCCCCCCCCCCCC/C=C/[C@@H](O)[C@H](CN=[N+]=[N-])NC(C)=O. The second-order valence-electron chi connectivity index (χ2n) is 6.96. The van der Waals surface area contributed by atoms with E-state index in [1.165, 1.54) is 71.1 Å². The molecule has 6 heteroatoms. The van der Waals surface area contributed by atoms with Crippen molar-refractivity contribution in [3.05, 3.63) is 22.6 Å². The molecule has 0 aliphatic heterocycles. The molecule has 2 N–H and O–H groups in total. The maximum Gasteiger partial charge on any atom is 0.217 e. The maximum atomic E-state index is 11.1. The summed E-state index contributed by atoms with van der Waals surface area (Å²) in [5.74, 6) is -0.249. The number of aliphatic hydroxyl groups excluding tert-OH is 1. The summed E-state index contributed by atoms with van der Waals surface area (Å²) in [7, 11) is 0. The highest BCUT2D eigenvalue weighted by Gasteiger charge is 2.16. The molecule has 0 aromatic heterocycles. The van der Waals surface area contributed by atoms with Crippen LogP contribution in [0.25, 0.3) is 10.4 Å². The number of aliphatic hydroxyl groups is 1. The molecule has 0 aliphatic carbocycles. The number of nitrogens with one attached hydrogen (secondary N) is 1. The predicted octanol–water partition coefficient (Wildman–Crippen LogP) is 5.42. The minimum atomic E-state index is -0.836. The lowest BCUT2D eigenvalue weighted by atomic mass is 10.0. The number of carbonyl (C=O) groups is 1. The molecule has 0 unspecified atom stereocenters. The van der Waals surface area contributed by atoms with Crippen LogP contribution in [0.3, 0.4) is 0 Å². The molecule has 0 fully saturated rings. The number of hydrogen-bond donors (Lipinski definition) is 2. The van der Waals surface area contributed by atoms with E-state index in [0.717, 1.165) is 12.8 Å². The Kier molecular flexibility index (Phi) is 17.2. The fourth-order valence-electron chi connectivity index (χ4n) is 2.92. The minimum Gasteiger partial charge on any atom is -0.387 e. The van der Waals surface area contributed by atoms with Gasteiger partial charge < -0.3 is 10.4 Å². The van der Waals surface area contributed by atoms with E-state index in [4.69, 9.17) is 5.53 Å². The minimum absolute atomic E-state index is 0.0417. The van der Waals surface area contributed by atoms with Crippen molar-refractivity contribution in [2.75, 3.05) is 6.54 Å². The van der Waals surface area contributed by atoms with E-state index in [9.17, 15) is 9.90 Å². The van der Waals surface area contributed by atoms with E-state index in [1.807, 2.05) is 6.08 Å². The zero-order valence-corrected chi connectivity index (χ0v) is 16.7. The van der Waals surface area contributed by atoms with Crippen molar-refractivity contribution >= 4 is 5.91 Å². The van der Waals surface area contributed by atoms with Crippen molar-refractivity contribution < 1.29 is 9.90 Å². The van der Waals surface area contributed by atoms with Crippen molar-refractivity contribution in [1.29, 1.82) is 0 Å². The molecule has 0 aromatic carbocycles. The zero-order chi connectivity index (χ0) is 19.5. The topological polar surface area (TPSA) is 98.1 Å². The normalized spacial score (nSPS) is 13.3. The van der Waals surface area contributed by atoms with Crippen LogP contribution in [-0.4, -0.2) is 29.7 Å². The average Bonchev–Trinajstić information content (AvgIpc) is 2.62. The summed E-state index contributed by atoms with van der Waals surface area (Å²) in [6.07, 6.45) is 18.2. The first-order valence-electron chi connectivity index (χ1n) is 10.2. The van der Waals surface area contributed by atoms with Gasteiger partial charge in [0.25, 0.3) is 0 Å². The quantitative estimate of drug-likeness (QED) is 0.118. The summed E-state index contributed by atoms with van der Waals surface area (Å²) in [5.41, 5.74) is 8.38. The number of carbonyl (C=O) groups excluding carboxylic acids is 1. The highest BCUT2D eigenvalue weighted by Crippen LogP contribution is 2.12. The summed E-state index contributed by atoms with van der Waals surface area (Å²) >= 11 is 0. The van der Waals surface area contributed by atoms with Crippen LogP contribution < -0.4 is 5.32 Å².